The van der Waals surface area contributed by atoms with Crippen molar-refractivity contribution in [3.05, 3.63) is 35.9 Å². The molecule has 0 saturated carbocycles. The molecule has 0 atom stereocenters. The van der Waals surface area contributed by atoms with E-state index in [2.05, 4.69) is 17.5 Å². The summed E-state index contributed by atoms with van der Waals surface area (Å²) in [5, 5.41) is 0. The maximum absolute atomic E-state index is 4.93. The summed E-state index contributed by atoms with van der Waals surface area (Å²) >= 11 is 8.77. The number of benzene rings is 1. The highest BCUT2D eigenvalue weighted by atomic mass is 32.1. The van der Waals surface area contributed by atoms with Crippen LogP contribution in [-0.2, 0) is 0 Å². The van der Waals surface area contributed by atoms with E-state index in [-0.39, 0.29) is 0 Å². The zero-order valence-corrected chi connectivity index (χ0v) is 6.95. The number of nitrogens with one attached hydrogen (secondary N) is 1. The smallest absolute Gasteiger partial charge is 0.116 e. The van der Waals surface area contributed by atoms with Crippen LogP contribution < -0.4 is 4.72 Å². The second-order valence-electron chi connectivity index (χ2n) is 1.81. The van der Waals surface area contributed by atoms with Crippen molar-refractivity contribution in [1.82, 2.24) is 4.72 Å². The molecule has 0 radical (unpaired) electrons. The minimum Gasteiger partial charge on any atom is -0.323 e. The molecule has 1 aromatic rings. The van der Waals surface area contributed by atoms with Crippen molar-refractivity contribution >= 4 is 30.0 Å². The molecule has 1 rings (SSSR count). The Morgan fingerprint density at radius 1 is 1.30 bits per heavy atom. The van der Waals surface area contributed by atoms with Crippen LogP contribution in [0.15, 0.2) is 30.3 Å². The zero-order valence-electron chi connectivity index (χ0n) is 5.24. The maximum atomic E-state index is 4.93. The van der Waals surface area contributed by atoms with E-state index in [1.165, 1.54) is 0 Å². The molecule has 1 nitrogen and oxygen atoms in total. The molecule has 0 spiro atoms. The standard InChI is InChI=1S/C7H7NS2/c9-7(8-10)6-4-2-1-3-5-6/h1-5,10H,(H,8,9). The molecule has 0 fully saturated rings. The van der Waals surface area contributed by atoms with Crippen LogP contribution >= 0.6 is 25.0 Å². The van der Waals surface area contributed by atoms with E-state index < -0.39 is 0 Å². The molecule has 0 amide bonds. The highest BCUT2D eigenvalue weighted by Gasteiger charge is 1.93. The molecule has 10 heavy (non-hydrogen) atoms. The van der Waals surface area contributed by atoms with Crippen molar-refractivity contribution in [3.8, 4) is 0 Å². The molecule has 0 aliphatic rings. The fraction of sp³-hybridized carbons (Fsp3) is 0. The van der Waals surface area contributed by atoms with Gasteiger partial charge in [-0.05, 0) is 0 Å². The molecule has 0 saturated heterocycles. The van der Waals surface area contributed by atoms with Gasteiger partial charge in [0.25, 0.3) is 0 Å². The highest BCUT2D eigenvalue weighted by molar-refractivity contribution is 7.84. The quantitative estimate of drug-likeness (QED) is 0.491. The molecular formula is C7H7NS2. The summed E-state index contributed by atoms with van der Waals surface area (Å²) in [6, 6.07) is 9.70. The maximum Gasteiger partial charge on any atom is 0.116 e. The summed E-state index contributed by atoms with van der Waals surface area (Å²) in [5.41, 5.74) is 0.993. The lowest BCUT2D eigenvalue weighted by atomic mass is 10.2. The second-order valence-corrected chi connectivity index (χ2v) is 2.44. The normalized spacial score (nSPS) is 8.90. The molecule has 0 bridgehead atoms. The SMILES string of the molecule is S=C(NS)c1ccccc1. The summed E-state index contributed by atoms with van der Waals surface area (Å²) in [6.07, 6.45) is 0. The van der Waals surface area contributed by atoms with Gasteiger partial charge in [-0.15, -0.1) is 0 Å². The number of hydrogen-bond acceptors (Lipinski definition) is 2. The van der Waals surface area contributed by atoms with Gasteiger partial charge in [0.05, 0.1) is 0 Å². The Kier molecular flexibility index (Phi) is 2.71. The lowest BCUT2D eigenvalue weighted by molar-refractivity contribution is 1.55. The van der Waals surface area contributed by atoms with Gasteiger partial charge in [0, 0.05) is 5.56 Å². The van der Waals surface area contributed by atoms with E-state index in [1.807, 2.05) is 30.3 Å². The molecule has 0 heterocycles. The van der Waals surface area contributed by atoms with Crippen LogP contribution in [0.1, 0.15) is 5.56 Å². The third-order valence-corrected chi connectivity index (χ3v) is 1.85. The van der Waals surface area contributed by atoms with Gasteiger partial charge >= 0.3 is 0 Å². The van der Waals surface area contributed by atoms with Crippen LogP contribution in [0.25, 0.3) is 0 Å². The van der Waals surface area contributed by atoms with E-state index in [0.29, 0.717) is 4.99 Å². The van der Waals surface area contributed by atoms with E-state index in [1.54, 1.807) is 0 Å². The first-order valence-electron chi connectivity index (χ1n) is 2.84. The second kappa shape index (κ2) is 3.58. The molecular weight excluding hydrogens is 162 g/mol. The minimum atomic E-state index is 0.656. The Balaban J connectivity index is 2.85. The summed E-state index contributed by atoms with van der Waals surface area (Å²) in [5.74, 6) is 0. The van der Waals surface area contributed by atoms with Crippen molar-refractivity contribution in [2.75, 3.05) is 0 Å². The Hall–Kier alpha value is -0.540. The third kappa shape index (κ3) is 1.72. The predicted molar refractivity (Wildman–Crippen MR) is 50.3 cm³/mol. The van der Waals surface area contributed by atoms with Gasteiger partial charge in [0.15, 0.2) is 0 Å². The van der Waals surface area contributed by atoms with Crippen LogP contribution in [0.3, 0.4) is 0 Å². The van der Waals surface area contributed by atoms with Crippen LogP contribution in [0, 0.1) is 0 Å². The average Bonchev–Trinajstić information content (AvgIpc) is 2.05. The van der Waals surface area contributed by atoms with E-state index >= 15 is 0 Å². The highest BCUT2D eigenvalue weighted by Crippen LogP contribution is 1.98. The van der Waals surface area contributed by atoms with Crippen LogP contribution in [0.4, 0.5) is 0 Å². The van der Waals surface area contributed by atoms with Gasteiger partial charge in [0.1, 0.15) is 4.99 Å². The lowest BCUT2D eigenvalue weighted by Gasteiger charge is -1.98. The van der Waals surface area contributed by atoms with Crippen molar-refractivity contribution in [3.63, 3.8) is 0 Å². The van der Waals surface area contributed by atoms with Gasteiger partial charge in [-0.1, -0.05) is 55.4 Å². The van der Waals surface area contributed by atoms with Gasteiger partial charge < -0.3 is 4.72 Å². The summed E-state index contributed by atoms with van der Waals surface area (Å²) in [4.78, 5) is 0.656. The van der Waals surface area contributed by atoms with E-state index in [9.17, 15) is 0 Å². The number of rotatable bonds is 1. The Morgan fingerprint density at radius 3 is 2.40 bits per heavy atom. The zero-order chi connectivity index (χ0) is 7.40. The topological polar surface area (TPSA) is 12.0 Å². The first kappa shape index (κ1) is 7.57. The number of thiocarbonyl (C=S) groups is 1. The number of thiol groups is 1. The van der Waals surface area contributed by atoms with Gasteiger partial charge in [-0.25, -0.2) is 0 Å². The molecule has 0 aromatic heterocycles. The lowest BCUT2D eigenvalue weighted by Crippen LogP contribution is -2.10. The minimum absolute atomic E-state index is 0.656. The van der Waals surface area contributed by atoms with Crippen molar-refractivity contribution in [1.29, 1.82) is 0 Å². The summed E-state index contributed by atoms with van der Waals surface area (Å²) in [7, 11) is 0. The third-order valence-electron chi connectivity index (χ3n) is 1.14. The van der Waals surface area contributed by atoms with E-state index in [4.69, 9.17) is 12.2 Å². The summed E-state index contributed by atoms with van der Waals surface area (Å²) in [6.45, 7) is 0. The van der Waals surface area contributed by atoms with Gasteiger partial charge in [0.2, 0.25) is 0 Å². The van der Waals surface area contributed by atoms with Crippen molar-refractivity contribution in [2.24, 2.45) is 0 Å². The molecule has 1 aromatic carbocycles. The van der Waals surface area contributed by atoms with Gasteiger partial charge in [-0.3, -0.25) is 0 Å². The Bertz CT molecular complexity index is 220. The van der Waals surface area contributed by atoms with Crippen molar-refractivity contribution in [2.45, 2.75) is 0 Å². The van der Waals surface area contributed by atoms with Crippen molar-refractivity contribution < 1.29 is 0 Å². The van der Waals surface area contributed by atoms with E-state index in [0.717, 1.165) is 5.56 Å². The molecule has 0 unspecified atom stereocenters. The Labute approximate surface area is 71.0 Å². The molecule has 0 aliphatic carbocycles. The monoisotopic (exact) mass is 169 g/mol. The fourth-order valence-corrected chi connectivity index (χ4v) is 0.919. The fourth-order valence-electron chi connectivity index (χ4n) is 0.654. The van der Waals surface area contributed by atoms with Crippen LogP contribution in [0.2, 0.25) is 0 Å². The summed E-state index contributed by atoms with van der Waals surface area (Å²) < 4.78 is 2.61. The first-order chi connectivity index (χ1) is 4.84. The molecule has 1 N–H and O–H groups in total. The molecule has 52 valence electrons. The molecule has 0 aliphatic heterocycles. The van der Waals surface area contributed by atoms with Gasteiger partial charge in [-0.2, -0.15) is 0 Å². The van der Waals surface area contributed by atoms with Crippen LogP contribution in [-0.4, -0.2) is 4.99 Å². The predicted octanol–water partition coefficient (Wildman–Crippen LogP) is 1.80. The average molecular weight is 169 g/mol. The largest absolute Gasteiger partial charge is 0.323 e. The molecule has 3 heteroatoms. The first-order valence-corrected chi connectivity index (χ1v) is 3.69. The van der Waals surface area contributed by atoms with Crippen LogP contribution in [0.5, 0.6) is 0 Å². The Morgan fingerprint density at radius 2 is 1.90 bits per heavy atom. The number of hydrogen-bond donors (Lipinski definition) is 2.